The van der Waals surface area contributed by atoms with Crippen LogP contribution in [0.1, 0.15) is 24.3 Å². The van der Waals surface area contributed by atoms with Crippen molar-refractivity contribution < 1.29 is 13.9 Å². The molecule has 0 spiro atoms. The molecular weight excluding hydrogens is 394 g/mol. The van der Waals surface area contributed by atoms with Crippen molar-refractivity contribution in [3.05, 3.63) is 66.4 Å². The van der Waals surface area contributed by atoms with E-state index in [9.17, 15) is 4.79 Å². The van der Waals surface area contributed by atoms with E-state index >= 15 is 0 Å². The van der Waals surface area contributed by atoms with Gasteiger partial charge < -0.3 is 14.5 Å². The number of rotatable bonds is 8. The molecule has 0 aliphatic carbocycles. The number of carbonyl (C=O) groups excluding carboxylic acids is 1. The second-order valence-electron chi connectivity index (χ2n) is 8.37. The molecule has 2 aromatic heterocycles. The van der Waals surface area contributed by atoms with Crippen molar-refractivity contribution in [2.75, 3.05) is 13.1 Å². The van der Waals surface area contributed by atoms with E-state index in [4.69, 9.17) is 9.15 Å². The lowest BCUT2D eigenvalue weighted by atomic mass is 9.75. The highest BCUT2D eigenvalue weighted by atomic mass is 16.5. The van der Waals surface area contributed by atoms with E-state index in [-0.39, 0.29) is 11.8 Å². The van der Waals surface area contributed by atoms with Crippen LogP contribution in [-0.4, -0.2) is 44.9 Å². The van der Waals surface area contributed by atoms with Gasteiger partial charge in [0.15, 0.2) is 0 Å². The molecule has 2 bridgehead atoms. The van der Waals surface area contributed by atoms with Gasteiger partial charge in [0, 0.05) is 12.6 Å². The van der Waals surface area contributed by atoms with Gasteiger partial charge in [0.25, 0.3) is 0 Å². The largest absolute Gasteiger partial charge is 0.487 e. The third kappa shape index (κ3) is 4.64. The van der Waals surface area contributed by atoms with Gasteiger partial charge in [-0.15, -0.1) is 5.10 Å². The van der Waals surface area contributed by atoms with Crippen LogP contribution in [-0.2, 0) is 24.5 Å². The Labute approximate surface area is 181 Å². The quantitative estimate of drug-likeness (QED) is 0.602. The Kier molecular flexibility index (Phi) is 5.71. The fourth-order valence-corrected chi connectivity index (χ4v) is 4.73. The number of fused-ring (bicyclic) bond motifs is 3. The van der Waals surface area contributed by atoms with Crippen LogP contribution in [0.5, 0.6) is 5.75 Å². The van der Waals surface area contributed by atoms with Crippen molar-refractivity contribution in [2.24, 2.45) is 11.8 Å². The topological polar surface area (TPSA) is 85.4 Å². The molecule has 6 rings (SSSR count). The zero-order valence-electron chi connectivity index (χ0n) is 17.4. The molecule has 8 nitrogen and oxygen atoms in total. The molecule has 0 saturated carbocycles. The summed E-state index contributed by atoms with van der Waals surface area (Å²) in [5, 5.41) is 11.6. The maximum Gasteiger partial charge on any atom is 0.225 e. The van der Waals surface area contributed by atoms with Crippen LogP contribution < -0.4 is 10.1 Å². The van der Waals surface area contributed by atoms with Crippen molar-refractivity contribution in [1.29, 1.82) is 0 Å². The first-order valence-corrected chi connectivity index (χ1v) is 10.9. The highest BCUT2D eigenvalue weighted by Crippen LogP contribution is 2.37. The van der Waals surface area contributed by atoms with E-state index in [2.05, 4.69) is 20.5 Å². The van der Waals surface area contributed by atoms with Gasteiger partial charge >= 0.3 is 0 Å². The minimum absolute atomic E-state index is 0.0468. The van der Waals surface area contributed by atoms with Crippen molar-refractivity contribution in [3.63, 3.8) is 0 Å². The van der Waals surface area contributed by atoms with Crippen LogP contribution in [0.3, 0.4) is 0 Å². The number of furan rings is 1. The third-order valence-corrected chi connectivity index (χ3v) is 6.35. The molecule has 3 aliphatic heterocycles. The van der Waals surface area contributed by atoms with Gasteiger partial charge in [-0.05, 0) is 49.6 Å². The molecule has 1 amide bonds. The van der Waals surface area contributed by atoms with Crippen molar-refractivity contribution in [1.82, 2.24) is 25.2 Å². The van der Waals surface area contributed by atoms with Crippen molar-refractivity contribution >= 4 is 5.91 Å². The first kappa shape index (κ1) is 19.8. The van der Waals surface area contributed by atoms with Gasteiger partial charge in [-0.2, -0.15) is 0 Å². The molecule has 3 aromatic rings. The Morgan fingerprint density at radius 3 is 2.90 bits per heavy atom. The van der Waals surface area contributed by atoms with E-state index in [1.54, 1.807) is 6.26 Å². The second-order valence-corrected chi connectivity index (χ2v) is 8.37. The first-order chi connectivity index (χ1) is 15.2. The molecule has 3 aliphatic rings. The van der Waals surface area contributed by atoms with Gasteiger partial charge in [-0.3, -0.25) is 14.4 Å². The van der Waals surface area contributed by atoms with Gasteiger partial charge in [-0.1, -0.05) is 23.4 Å². The number of aromatic nitrogens is 3. The Morgan fingerprint density at radius 2 is 2.13 bits per heavy atom. The number of nitrogens with one attached hydrogen (secondary N) is 1. The molecule has 31 heavy (non-hydrogen) atoms. The molecule has 3 fully saturated rings. The maximum absolute atomic E-state index is 12.7. The van der Waals surface area contributed by atoms with E-state index in [1.165, 1.54) is 0 Å². The Balaban J connectivity index is 1.13. The number of para-hydroxylation sites is 1. The fourth-order valence-electron chi connectivity index (χ4n) is 4.73. The lowest BCUT2D eigenvalue weighted by molar-refractivity contribution is -0.133. The standard InChI is InChI=1S/C23H27N5O3/c29-23(24-12-21-7-4-10-30-21)22-15-27-9-8-17(22)11-19(27)14-28-13-18(25-26-28)16-31-20-5-2-1-3-6-20/h1-7,10,13,17,19,22H,8-9,11-12,14-16H2,(H,24,29). The SMILES string of the molecule is O=C(NCc1ccco1)C1CN2CCC1CC2Cn1cc(COc2ccccc2)nn1. The van der Waals surface area contributed by atoms with Crippen molar-refractivity contribution in [2.45, 2.75) is 38.6 Å². The fraction of sp³-hybridized carbons (Fsp3) is 0.435. The predicted octanol–water partition coefficient (Wildman–Crippen LogP) is 2.48. The average molecular weight is 422 g/mol. The molecule has 0 radical (unpaired) electrons. The van der Waals surface area contributed by atoms with Gasteiger partial charge in [0.05, 0.1) is 31.5 Å². The Hall–Kier alpha value is -3.13. The summed E-state index contributed by atoms with van der Waals surface area (Å²) in [6.07, 6.45) is 5.67. The van der Waals surface area contributed by atoms with Crippen LogP contribution >= 0.6 is 0 Å². The third-order valence-electron chi connectivity index (χ3n) is 6.35. The number of ether oxygens (including phenoxy) is 1. The molecule has 162 valence electrons. The van der Waals surface area contributed by atoms with Crippen LogP contribution in [0.25, 0.3) is 0 Å². The minimum Gasteiger partial charge on any atom is -0.487 e. The predicted molar refractivity (Wildman–Crippen MR) is 113 cm³/mol. The van der Waals surface area contributed by atoms with Crippen LogP contribution in [0, 0.1) is 11.8 Å². The van der Waals surface area contributed by atoms with E-state index in [0.717, 1.165) is 49.7 Å². The van der Waals surface area contributed by atoms with Gasteiger partial charge in [-0.25, -0.2) is 0 Å². The van der Waals surface area contributed by atoms with Gasteiger partial charge in [0.2, 0.25) is 5.91 Å². The van der Waals surface area contributed by atoms with Crippen LogP contribution in [0.15, 0.2) is 59.3 Å². The van der Waals surface area contributed by atoms with Crippen LogP contribution in [0.2, 0.25) is 0 Å². The van der Waals surface area contributed by atoms with Gasteiger partial charge in [0.1, 0.15) is 23.8 Å². The number of hydrogen-bond acceptors (Lipinski definition) is 6. The number of hydrogen-bond donors (Lipinski definition) is 1. The average Bonchev–Trinajstić information content (AvgIpc) is 3.49. The monoisotopic (exact) mass is 421 g/mol. The zero-order valence-corrected chi connectivity index (χ0v) is 17.4. The highest BCUT2D eigenvalue weighted by molar-refractivity contribution is 5.79. The normalized spacial score (nSPS) is 24.8. The zero-order chi connectivity index (χ0) is 21.0. The molecule has 8 heteroatoms. The summed E-state index contributed by atoms with van der Waals surface area (Å²) in [6.45, 7) is 3.48. The molecule has 4 unspecified atom stereocenters. The minimum atomic E-state index is 0.0468. The molecule has 1 aromatic carbocycles. The van der Waals surface area contributed by atoms with E-state index in [1.807, 2.05) is 53.3 Å². The molecular formula is C23H27N5O3. The summed E-state index contributed by atoms with van der Waals surface area (Å²) in [7, 11) is 0. The Morgan fingerprint density at radius 1 is 1.23 bits per heavy atom. The summed E-state index contributed by atoms with van der Waals surface area (Å²) in [6, 6.07) is 13.8. The van der Waals surface area contributed by atoms with Crippen LogP contribution in [0.4, 0.5) is 0 Å². The highest BCUT2D eigenvalue weighted by Gasteiger charge is 2.43. The lowest BCUT2D eigenvalue weighted by Crippen LogP contribution is -2.57. The number of benzene rings is 1. The molecule has 3 saturated heterocycles. The first-order valence-electron chi connectivity index (χ1n) is 10.9. The summed E-state index contributed by atoms with van der Waals surface area (Å²) >= 11 is 0. The smallest absolute Gasteiger partial charge is 0.225 e. The van der Waals surface area contributed by atoms with E-state index < -0.39 is 0 Å². The second kappa shape index (κ2) is 8.93. The number of piperidine rings is 3. The summed E-state index contributed by atoms with van der Waals surface area (Å²) in [5.74, 6) is 2.20. The summed E-state index contributed by atoms with van der Waals surface area (Å²) in [4.78, 5) is 15.1. The molecule has 5 heterocycles. The molecule has 1 N–H and O–H groups in total. The van der Waals surface area contributed by atoms with E-state index in [0.29, 0.717) is 25.1 Å². The molecule has 4 atom stereocenters. The maximum atomic E-state index is 12.7. The van der Waals surface area contributed by atoms with Crippen molar-refractivity contribution in [3.8, 4) is 5.75 Å². The summed E-state index contributed by atoms with van der Waals surface area (Å²) < 4.78 is 13.0. The number of carbonyl (C=O) groups is 1. The number of nitrogens with zero attached hydrogens (tertiary/aromatic N) is 4. The summed E-state index contributed by atoms with van der Waals surface area (Å²) in [5.41, 5.74) is 0.815. The lowest BCUT2D eigenvalue weighted by Gasteiger charge is -2.49. The number of amides is 1. The Bertz CT molecular complexity index is 988.